The van der Waals surface area contributed by atoms with Crippen LogP contribution in [0.5, 0.6) is 5.75 Å². The van der Waals surface area contributed by atoms with Gasteiger partial charge >= 0.3 is 0 Å². The number of hydrogen-bond donors (Lipinski definition) is 2. The fraction of sp³-hybridized carbons (Fsp3) is 0. The van der Waals surface area contributed by atoms with Crippen LogP contribution in [0.15, 0.2) is 72.8 Å². The van der Waals surface area contributed by atoms with Crippen LogP contribution in [-0.2, 0) is 0 Å². The third-order valence-corrected chi connectivity index (χ3v) is 2.81. The maximum atomic E-state index is 11.0. The van der Waals surface area contributed by atoms with Gasteiger partial charge in [0, 0.05) is 5.56 Å². The quantitative estimate of drug-likeness (QED) is 0.708. The van der Waals surface area contributed by atoms with Crippen molar-refractivity contribution in [1.29, 1.82) is 0 Å². The number of para-hydroxylation sites is 1. The second-order valence-electron chi connectivity index (χ2n) is 4.23. The van der Waals surface area contributed by atoms with Crippen LogP contribution >= 0.6 is 0 Å². The molecule has 0 unspecified atom stereocenters. The zero-order valence-corrected chi connectivity index (χ0v) is 10.9. The minimum Gasteiger partial charge on any atom is -0.508 e. The van der Waals surface area contributed by atoms with Crippen molar-refractivity contribution in [3.8, 4) is 5.75 Å². The van der Waals surface area contributed by atoms with Crippen LogP contribution in [0.4, 0.5) is 0 Å². The normalized spacial score (nSPS) is 9.60. The number of aromatic hydroxyl groups is 1. The van der Waals surface area contributed by atoms with Gasteiger partial charge < -0.3 is 10.8 Å². The minimum atomic E-state index is -0.378. The number of fused-ring (bicyclic) bond motifs is 1. The van der Waals surface area contributed by atoms with Crippen LogP contribution in [0.3, 0.4) is 0 Å². The summed E-state index contributed by atoms with van der Waals surface area (Å²) in [5, 5.41) is 10.6. The van der Waals surface area contributed by atoms with Crippen molar-refractivity contribution in [3.05, 3.63) is 78.4 Å². The SMILES string of the molecule is NC(=O)c1cccc2ccccc12.Oc1ccccc1. The minimum absolute atomic E-state index is 0.322. The molecule has 0 aromatic heterocycles. The van der Waals surface area contributed by atoms with Crippen LogP contribution in [0.1, 0.15) is 10.4 Å². The number of rotatable bonds is 1. The van der Waals surface area contributed by atoms with Crippen molar-refractivity contribution < 1.29 is 9.90 Å². The van der Waals surface area contributed by atoms with Gasteiger partial charge in [-0.2, -0.15) is 0 Å². The summed E-state index contributed by atoms with van der Waals surface area (Å²) >= 11 is 0. The average molecular weight is 265 g/mol. The maximum absolute atomic E-state index is 11.0. The Morgan fingerprint density at radius 3 is 2.00 bits per heavy atom. The van der Waals surface area contributed by atoms with Crippen LogP contribution < -0.4 is 5.73 Å². The molecule has 0 heterocycles. The third kappa shape index (κ3) is 3.36. The number of nitrogens with two attached hydrogens (primary N) is 1. The molecule has 1 amide bonds. The van der Waals surface area contributed by atoms with Crippen molar-refractivity contribution in [2.24, 2.45) is 5.73 Å². The van der Waals surface area contributed by atoms with Gasteiger partial charge in [-0.3, -0.25) is 4.79 Å². The lowest BCUT2D eigenvalue weighted by atomic mass is 10.0. The summed E-state index contributed by atoms with van der Waals surface area (Å²) in [5.74, 6) is -0.0562. The first kappa shape index (κ1) is 13.6. The molecular weight excluding hydrogens is 250 g/mol. The van der Waals surface area contributed by atoms with Gasteiger partial charge in [-0.15, -0.1) is 0 Å². The first-order chi connectivity index (χ1) is 9.68. The topological polar surface area (TPSA) is 63.3 Å². The van der Waals surface area contributed by atoms with E-state index in [4.69, 9.17) is 10.8 Å². The van der Waals surface area contributed by atoms with E-state index in [1.807, 2.05) is 42.5 Å². The molecular formula is C17H15NO2. The second kappa shape index (κ2) is 6.38. The monoisotopic (exact) mass is 265 g/mol. The molecule has 0 atom stereocenters. The molecule has 0 spiro atoms. The molecule has 20 heavy (non-hydrogen) atoms. The van der Waals surface area contributed by atoms with Gasteiger partial charge in [0.25, 0.3) is 0 Å². The van der Waals surface area contributed by atoms with E-state index in [0.29, 0.717) is 11.3 Å². The van der Waals surface area contributed by atoms with E-state index in [1.54, 1.807) is 30.3 Å². The second-order valence-corrected chi connectivity index (χ2v) is 4.23. The highest BCUT2D eigenvalue weighted by atomic mass is 16.3. The summed E-state index contributed by atoms with van der Waals surface area (Å²) < 4.78 is 0. The molecule has 3 rings (SSSR count). The van der Waals surface area contributed by atoms with E-state index in [-0.39, 0.29) is 5.91 Å². The number of phenolic OH excluding ortho intramolecular Hbond substituents is 1. The number of amides is 1. The Morgan fingerprint density at radius 2 is 1.40 bits per heavy atom. The van der Waals surface area contributed by atoms with Crippen LogP contribution in [0.25, 0.3) is 10.8 Å². The zero-order chi connectivity index (χ0) is 14.4. The number of carbonyl (C=O) groups is 1. The van der Waals surface area contributed by atoms with Gasteiger partial charge in [0.05, 0.1) is 0 Å². The van der Waals surface area contributed by atoms with E-state index in [9.17, 15) is 4.79 Å². The standard InChI is InChI=1S/C11H9NO.C6H6O/c12-11(13)10-7-3-5-8-4-1-2-6-9(8)10;7-6-4-2-1-3-5-6/h1-7H,(H2,12,13);1-5,7H. The van der Waals surface area contributed by atoms with Crippen molar-refractivity contribution in [1.82, 2.24) is 0 Å². The molecule has 0 saturated heterocycles. The predicted octanol–water partition coefficient (Wildman–Crippen LogP) is 3.33. The van der Waals surface area contributed by atoms with E-state index < -0.39 is 0 Å². The summed E-state index contributed by atoms with van der Waals surface area (Å²) in [7, 11) is 0. The molecule has 0 saturated carbocycles. The van der Waals surface area contributed by atoms with E-state index >= 15 is 0 Å². The first-order valence-electron chi connectivity index (χ1n) is 6.20. The number of benzene rings is 3. The Balaban J connectivity index is 0.000000178. The molecule has 0 bridgehead atoms. The summed E-state index contributed by atoms with van der Waals surface area (Å²) in [4.78, 5) is 11.0. The van der Waals surface area contributed by atoms with Crippen molar-refractivity contribution in [3.63, 3.8) is 0 Å². The van der Waals surface area contributed by atoms with Gasteiger partial charge in [0.15, 0.2) is 0 Å². The van der Waals surface area contributed by atoms with Gasteiger partial charge in [-0.1, -0.05) is 54.6 Å². The smallest absolute Gasteiger partial charge is 0.249 e. The number of phenols is 1. The summed E-state index contributed by atoms with van der Waals surface area (Å²) in [6.45, 7) is 0. The number of hydrogen-bond acceptors (Lipinski definition) is 2. The van der Waals surface area contributed by atoms with E-state index in [2.05, 4.69) is 0 Å². The molecule has 0 radical (unpaired) electrons. The van der Waals surface area contributed by atoms with Gasteiger partial charge in [-0.05, 0) is 29.0 Å². The fourth-order valence-electron chi connectivity index (χ4n) is 1.87. The Kier molecular flexibility index (Phi) is 4.35. The van der Waals surface area contributed by atoms with Crippen LogP contribution in [-0.4, -0.2) is 11.0 Å². The maximum Gasteiger partial charge on any atom is 0.249 e. The summed E-state index contributed by atoms with van der Waals surface area (Å²) in [6.07, 6.45) is 0. The predicted molar refractivity (Wildman–Crippen MR) is 80.6 cm³/mol. The molecule has 0 aliphatic rings. The summed E-state index contributed by atoms with van der Waals surface area (Å²) in [5.41, 5.74) is 5.82. The first-order valence-corrected chi connectivity index (χ1v) is 6.20. The van der Waals surface area contributed by atoms with Crippen LogP contribution in [0.2, 0.25) is 0 Å². The third-order valence-electron chi connectivity index (χ3n) is 2.81. The van der Waals surface area contributed by atoms with Gasteiger partial charge in [0.2, 0.25) is 5.91 Å². The molecule has 0 aliphatic heterocycles. The van der Waals surface area contributed by atoms with Crippen LogP contribution in [0, 0.1) is 0 Å². The Bertz CT molecular complexity index is 703. The number of carbonyl (C=O) groups excluding carboxylic acids is 1. The highest BCUT2D eigenvalue weighted by Gasteiger charge is 2.03. The van der Waals surface area contributed by atoms with Crippen molar-refractivity contribution in [2.45, 2.75) is 0 Å². The van der Waals surface area contributed by atoms with E-state index in [1.165, 1.54) is 0 Å². The molecule has 3 nitrogen and oxygen atoms in total. The number of primary amides is 1. The lowest BCUT2D eigenvalue weighted by Gasteiger charge is -2.01. The molecule has 100 valence electrons. The fourth-order valence-corrected chi connectivity index (χ4v) is 1.87. The molecule has 3 heteroatoms. The Morgan fingerprint density at radius 1 is 0.800 bits per heavy atom. The summed E-state index contributed by atoms with van der Waals surface area (Å²) in [6, 6.07) is 21.9. The molecule has 3 aromatic rings. The highest BCUT2D eigenvalue weighted by Crippen LogP contribution is 2.17. The van der Waals surface area contributed by atoms with Gasteiger partial charge in [0.1, 0.15) is 5.75 Å². The average Bonchev–Trinajstić information content (AvgIpc) is 2.48. The zero-order valence-electron chi connectivity index (χ0n) is 10.9. The molecule has 3 aromatic carbocycles. The molecule has 0 fully saturated rings. The Labute approximate surface area is 117 Å². The lowest BCUT2D eigenvalue weighted by molar-refractivity contribution is 0.100. The van der Waals surface area contributed by atoms with Gasteiger partial charge in [-0.25, -0.2) is 0 Å². The largest absolute Gasteiger partial charge is 0.508 e. The Hall–Kier alpha value is -2.81. The lowest BCUT2D eigenvalue weighted by Crippen LogP contribution is -2.11. The van der Waals surface area contributed by atoms with Crippen molar-refractivity contribution >= 4 is 16.7 Å². The highest BCUT2D eigenvalue weighted by molar-refractivity contribution is 6.06. The molecule has 3 N–H and O–H groups in total. The van der Waals surface area contributed by atoms with Crippen molar-refractivity contribution in [2.75, 3.05) is 0 Å². The molecule has 0 aliphatic carbocycles. The van der Waals surface area contributed by atoms with E-state index in [0.717, 1.165) is 10.8 Å².